The molecule has 26 heavy (non-hydrogen) atoms. The largest absolute Gasteiger partial charge is 0.335 e. The van der Waals surface area contributed by atoms with Gasteiger partial charge in [-0.15, -0.1) is 0 Å². The number of hydrogen-bond donors (Lipinski definition) is 2. The van der Waals surface area contributed by atoms with Crippen LogP contribution in [0.2, 0.25) is 0 Å². The number of aromatic amines is 1. The molecule has 1 aromatic carbocycles. The molecular formula is C18H20FN5O2. The predicted octanol–water partition coefficient (Wildman–Crippen LogP) is 0.679. The third-order valence-corrected chi connectivity index (χ3v) is 4.88. The van der Waals surface area contributed by atoms with Crippen LogP contribution >= 0.6 is 0 Å². The number of fused-ring (bicyclic) bond motifs is 1. The normalized spacial score (nSPS) is 17.3. The molecule has 0 bridgehead atoms. The molecule has 0 atom stereocenters. The molecule has 0 unspecified atom stereocenters. The van der Waals surface area contributed by atoms with Gasteiger partial charge in [0.05, 0.1) is 0 Å². The quantitative estimate of drug-likeness (QED) is 0.846. The maximum absolute atomic E-state index is 13.3. The first-order valence-corrected chi connectivity index (χ1v) is 8.70. The van der Waals surface area contributed by atoms with Gasteiger partial charge in [0.15, 0.2) is 5.69 Å². The predicted molar refractivity (Wildman–Crippen MR) is 91.7 cm³/mol. The zero-order valence-corrected chi connectivity index (χ0v) is 14.3. The molecule has 1 fully saturated rings. The Labute approximate surface area is 150 Å². The molecule has 0 aliphatic carbocycles. The van der Waals surface area contributed by atoms with Gasteiger partial charge in [-0.3, -0.25) is 14.7 Å². The highest BCUT2D eigenvalue weighted by molar-refractivity contribution is 5.97. The minimum absolute atomic E-state index is 0.0171. The van der Waals surface area contributed by atoms with Gasteiger partial charge in [0, 0.05) is 50.4 Å². The summed E-state index contributed by atoms with van der Waals surface area (Å²) in [6.07, 6.45) is 0.815. The fourth-order valence-corrected chi connectivity index (χ4v) is 3.46. The summed E-state index contributed by atoms with van der Waals surface area (Å²) in [7, 11) is 0. The third kappa shape index (κ3) is 3.20. The van der Waals surface area contributed by atoms with Gasteiger partial charge < -0.3 is 15.1 Å². The molecule has 2 amide bonds. The highest BCUT2D eigenvalue weighted by atomic mass is 19.1. The molecule has 2 aromatic rings. The number of H-pyrrole nitrogens is 1. The smallest absolute Gasteiger partial charge is 0.275 e. The average molecular weight is 357 g/mol. The Balaban J connectivity index is 1.43. The lowest BCUT2D eigenvalue weighted by Gasteiger charge is -2.34. The van der Waals surface area contributed by atoms with Gasteiger partial charge in [-0.2, -0.15) is 5.10 Å². The van der Waals surface area contributed by atoms with Crippen LogP contribution in [0.3, 0.4) is 0 Å². The van der Waals surface area contributed by atoms with Gasteiger partial charge in [-0.1, -0.05) is 12.1 Å². The Morgan fingerprint density at radius 3 is 3.00 bits per heavy atom. The second-order valence-electron chi connectivity index (χ2n) is 6.63. The van der Waals surface area contributed by atoms with Gasteiger partial charge in [0.2, 0.25) is 5.91 Å². The van der Waals surface area contributed by atoms with Crippen LogP contribution in [0.25, 0.3) is 0 Å². The Morgan fingerprint density at radius 1 is 1.31 bits per heavy atom. The zero-order chi connectivity index (χ0) is 18.1. The first kappa shape index (κ1) is 16.7. The van der Waals surface area contributed by atoms with E-state index in [1.54, 1.807) is 17.0 Å². The maximum atomic E-state index is 13.3. The number of amides is 2. The molecule has 2 aliphatic heterocycles. The van der Waals surface area contributed by atoms with Crippen LogP contribution in [0, 0.1) is 5.82 Å². The average Bonchev–Trinajstić information content (AvgIpc) is 3.07. The summed E-state index contributed by atoms with van der Waals surface area (Å²) in [5, 5.41) is 10.3. The first-order chi connectivity index (χ1) is 12.6. The van der Waals surface area contributed by atoms with E-state index in [-0.39, 0.29) is 24.2 Å². The number of nitrogens with one attached hydrogen (secondary N) is 2. The summed E-state index contributed by atoms with van der Waals surface area (Å²) in [5.74, 6) is -0.679. The Morgan fingerprint density at radius 2 is 2.19 bits per heavy atom. The molecule has 2 aliphatic rings. The number of rotatable bonds is 3. The Kier molecular flexibility index (Phi) is 4.42. The van der Waals surface area contributed by atoms with E-state index in [0.717, 1.165) is 29.8 Å². The van der Waals surface area contributed by atoms with Crippen molar-refractivity contribution in [2.75, 3.05) is 26.2 Å². The summed E-state index contributed by atoms with van der Waals surface area (Å²) in [4.78, 5) is 28.4. The number of carbonyl (C=O) groups is 2. The summed E-state index contributed by atoms with van der Waals surface area (Å²) < 4.78 is 13.3. The zero-order valence-electron chi connectivity index (χ0n) is 14.3. The van der Waals surface area contributed by atoms with Crippen LogP contribution in [-0.2, 0) is 24.3 Å². The van der Waals surface area contributed by atoms with E-state index in [1.165, 1.54) is 17.0 Å². The molecule has 0 spiro atoms. The second kappa shape index (κ2) is 6.87. The number of nitrogens with zero attached hydrogens (tertiary/aromatic N) is 3. The van der Waals surface area contributed by atoms with Crippen LogP contribution < -0.4 is 5.32 Å². The lowest BCUT2D eigenvalue weighted by atomic mass is 10.1. The fourth-order valence-electron chi connectivity index (χ4n) is 3.46. The molecule has 0 saturated carbocycles. The van der Waals surface area contributed by atoms with Crippen molar-refractivity contribution < 1.29 is 14.0 Å². The van der Waals surface area contributed by atoms with Crippen molar-refractivity contribution in [3.63, 3.8) is 0 Å². The van der Waals surface area contributed by atoms with E-state index in [4.69, 9.17) is 0 Å². The molecular weight excluding hydrogens is 337 g/mol. The van der Waals surface area contributed by atoms with Crippen LogP contribution in [0.15, 0.2) is 24.3 Å². The topological polar surface area (TPSA) is 81.3 Å². The summed E-state index contributed by atoms with van der Waals surface area (Å²) in [6.45, 7) is 2.70. The van der Waals surface area contributed by atoms with Crippen LogP contribution in [0.5, 0.6) is 0 Å². The summed E-state index contributed by atoms with van der Waals surface area (Å²) in [5.41, 5.74) is 3.03. The molecule has 4 rings (SSSR count). The van der Waals surface area contributed by atoms with Crippen LogP contribution in [0.4, 0.5) is 4.39 Å². The van der Waals surface area contributed by atoms with Gasteiger partial charge in [-0.25, -0.2) is 4.39 Å². The maximum Gasteiger partial charge on any atom is 0.275 e. The lowest BCUT2D eigenvalue weighted by molar-refractivity contribution is -0.135. The van der Waals surface area contributed by atoms with Crippen molar-refractivity contribution >= 4 is 11.8 Å². The molecule has 1 saturated heterocycles. The van der Waals surface area contributed by atoms with Crippen molar-refractivity contribution in [2.45, 2.75) is 19.5 Å². The minimum Gasteiger partial charge on any atom is -0.335 e. The van der Waals surface area contributed by atoms with E-state index in [1.807, 2.05) is 0 Å². The number of benzene rings is 1. The Hall–Kier alpha value is -2.74. The molecule has 3 heterocycles. The van der Waals surface area contributed by atoms with Gasteiger partial charge in [0.25, 0.3) is 5.91 Å². The first-order valence-electron chi connectivity index (χ1n) is 8.70. The van der Waals surface area contributed by atoms with Crippen molar-refractivity contribution in [2.24, 2.45) is 0 Å². The van der Waals surface area contributed by atoms with E-state index in [2.05, 4.69) is 15.5 Å². The molecule has 8 heteroatoms. The SMILES string of the molecule is O=C1CN(C(=O)c2n[nH]c3c2CNCC3)CCN1Cc1cccc(F)c1. The van der Waals surface area contributed by atoms with Crippen LogP contribution in [0.1, 0.15) is 27.3 Å². The van der Waals surface area contributed by atoms with Crippen molar-refractivity contribution in [3.05, 3.63) is 52.6 Å². The second-order valence-corrected chi connectivity index (χ2v) is 6.63. The number of carbonyl (C=O) groups excluding carboxylic acids is 2. The van der Waals surface area contributed by atoms with E-state index in [0.29, 0.717) is 31.9 Å². The molecule has 0 radical (unpaired) electrons. The number of aromatic nitrogens is 2. The lowest BCUT2D eigenvalue weighted by Crippen LogP contribution is -2.52. The molecule has 2 N–H and O–H groups in total. The van der Waals surface area contributed by atoms with Crippen LogP contribution in [-0.4, -0.2) is 58.0 Å². The standard InChI is InChI=1S/C18H20FN5O2/c19-13-3-1-2-12(8-13)10-23-6-7-24(11-16(23)25)18(26)17-14-9-20-5-4-15(14)21-22-17/h1-3,8,20H,4-7,9-11H2,(H,21,22). The molecule has 136 valence electrons. The molecule has 7 nitrogen and oxygen atoms in total. The Bertz CT molecular complexity index is 850. The highest BCUT2D eigenvalue weighted by Crippen LogP contribution is 2.18. The number of halogens is 1. The summed E-state index contributed by atoms with van der Waals surface area (Å²) >= 11 is 0. The highest BCUT2D eigenvalue weighted by Gasteiger charge is 2.31. The van der Waals surface area contributed by atoms with Gasteiger partial charge >= 0.3 is 0 Å². The fraction of sp³-hybridized carbons (Fsp3) is 0.389. The van der Waals surface area contributed by atoms with Gasteiger partial charge in [-0.05, 0) is 17.7 Å². The van der Waals surface area contributed by atoms with E-state index >= 15 is 0 Å². The third-order valence-electron chi connectivity index (χ3n) is 4.88. The van der Waals surface area contributed by atoms with E-state index in [9.17, 15) is 14.0 Å². The van der Waals surface area contributed by atoms with E-state index < -0.39 is 0 Å². The van der Waals surface area contributed by atoms with Crippen molar-refractivity contribution in [1.29, 1.82) is 0 Å². The number of hydrogen-bond acceptors (Lipinski definition) is 4. The minimum atomic E-state index is -0.319. The molecule has 1 aromatic heterocycles. The van der Waals surface area contributed by atoms with Crippen molar-refractivity contribution in [1.82, 2.24) is 25.3 Å². The van der Waals surface area contributed by atoms with Gasteiger partial charge in [0.1, 0.15) is 12.4 Å². The summed E-state index contributed by atoms with van der Waals surface area (Å²) in [6, 6.07) is 6.22. The number of piperazine rings is 1. The van der Waals surface area contributed by atoms with Crippen molar-refractivity contribution in [3.8, 4) is 0 Å². The monoisotopic (exact) mass is 357 g/mol.